The zero-order valence-electron chi connectivity index (χ0n) is 14.4. The van der Waals surface area contributed by atoms with Crippen molar-refractivity contribution in [2.75, 3.05) is 25.9 Å². The van der Waals surface area contributed by atoms with Gasteiger partial charge in [-0.15, -0.1) is 0 Å². The van der Waals surface area contributed by atoms with Crippen LogP contribution in [0.25, 0.3) is 0 Å². The molecule has 2 atom stereocenters. The smallest absolute Gasteiger partial charge is 0.241 e. The van der Waals surface area contributed by atoms with E-state index >= 15 is 0 Å². The van der Waals surface area contributed by atoms with Crippen LogP contribution in [-0.4, -0.2) is 53.7 Å². The molecule has 1 heterocycles. The number of hydrogen-bond acceptors (Lipinski definition) is 5. The van der Waals surface area contributed by atoms with Gasteiger partial charge in [0.2, 0.25) is 10.0 Å². The summed E-state index contributed by atoms with van der Waals surface area (Å²) >= 11 is 0. The van der Waals surface area contributed by atoms with Gasteiger partial charge in [0, 0.05) is 25.4 Å². The molecule has 24 heavy (non-hydrogen) atoms. The molecular formula is C16H26N2O4S2. The minimum atomic E-state index is -3.88. The van der Waals surface area contributed by atoms with Crippen molar-refractivity contribution in [3.63, 3.8) is 0 Å². The first-order valence-electron chi connectivity index (χ1n) is 8.14. The van der Waals surface area contributed by atoms with Gasteiger partial charge in [-0.05, 0) is 44.4 Å². The van der Waals surface area contributed by atoms with Gasteiger partial charge in [0.05, 0.1) is 4.90 Å². The van der Waals surface area contributed by atoms with Crippen molar-refractivity contribution in [1.29, 1.82) is 0 Å². The Bertz CT molecular complexity index is 775. The maximum absolute atomic E-state index is 12.6. The van der Waals surface area contributed by atoms with Gasteiger partial charge in [0.25, 0.3) is 0 Å². The molecule has 1 N–H and O–H groups in total. The molecule has 8 heteroatoms. The van der Waals surface area contributed by atoms with Gasteiger partial charge < -0.3 is 0 Å². The van der Waals surface area contributed by atoms with Crippen LogP contribution in [0.3, 0.4) is 0 Å². The van der Waals surface area contributed by atoms with Crippen LogP contribution in [0.4, 0.5) is 0 Å². The number of nitrogens with zero attached hydrogens (tertiary/aromatic N) is 1. The number of hydrogen-bond donors (Lipinski definition) is 1. The molecule has 0 radical (unpaired) electrons. The lowest BCUT2D eigenvalue weighted by atomic mass is 9.99. The Balaban J connectivity index is 2.12. The molecule has 6 nitrogen and oxygen atoms in total. The Kier molecular flexibility index (Phi) is 6.06. The topological polar surface area (TPSA) is 83.6 Å². The molecule has 0 spiro atoms. The molecule has 1 aliphatic rings. The number of likely N-dealkylation sites (tertiary alicyclic amines) is 1. The van der Waals surface area contributed by atoms with E-state index in [1.807, 2.05) is 6.92 Å². The van der Waals surface area contributed by atoms with Gasteiger partial charge in [-0.25, -0.2) is 21.6 Å². The third-order valence-corrected chi connectivity index (χ3v) is 7.18. The average Bonchev–Trinajstić information content (AvgIpc) is 2.52. The molecule has 1 aliphatic heterocycles. The molecule has 1 aromatic rings. The lowest BCUT2D eigenvalue weighted by molar-refractivity contribution is 0.140. The van der Waals surface area contributed by atoms with Crippen LogP contribution in [0.15, 0.2) is 34.1 Å². The molecule has 0 aliphatic carbocycles. The van der Waals surface area contributed by atoms with Crippen LogP contribution in [0.5, 0.6) is 0 Å². The zero-order chi connectivity index (χ0) is 18.0. The molecule has 1 aromatic carbocycles. The second-order valence-corrected chi connectivity index (χ2v) is 10.4. The first-order chi connectivity index (χ1) is 11.1. The summed E-state index contributed by atoms with van der Waals surface area (Å²) in [6.07, 6.45) is 3.34. The number of benzene rings is 1. The van der Waals surface area contributed by atoms with Crippen molar-refractivity contribution < 1.29 is 16.8 Å². The fraction of sp³-hybridized carbons (Fsp3) is 0.625. The van der Waals surface area contributed by atoms with Crippen LogP contribution < -0.4 is 4.72 Å². The SMILES string of the molecule is CC1CCCN(C(C)CNS(=O)(=O)c2ccccc2S(C)(=O)=O)C1. The Morgan fingerprint density at radius 3 is 2.42 bits per heavy atom. The Labute approximate surface area is 145 Å². The highest BCUT2D eigenvalue weighted by Gasteiger charge is 2.26. The van der Waals surface area contributed by atoms with E-state index in [9.17, 15) is 16.8 Å². The molecule has 0 bridgehead atoms. The maximum Gasteiger partial charge on any atom is 0.241 e. The van der Waals surface area contributed by atoms with Crippen LogP contribution in [0.2, 0.25) is 0 Å². The van der Waals surface area contributed by atoms with Gasteiger partial charge >= 0.3 is 0 Å². The standard InChI is InChI=1S/C16H26N2O4S2/c1-13-7-6-10-18(12-13)14(2)11-17-24(21,22)16-9-5-4-8-15(16)23(3,19)20/h4-5,8-9,13-14,17H,6-7,10-12H2,1-3H3. The molecule has 1 fully saturated rings. The lowest BCUT2D eigenvalue weighted by Crippen LogP contribution is -2.46. The molecule has 2 unspecified atom stereocenters. The highest BCUT2D eigenvalue weighted by Crippen LogP contribution is 2.21. The van der Waals surface area contributed by atoms with E-state index in [2.05, 4.69) is 16.5 Å². The van der Waals surface area contributed by atoms with Crippen molar-refractivity contribution in [3.8, 4) is 0 Å². The second-order valence-electron chi connectivity index (χ2n) is 6.66. The van der Waals surface area contributed by atoms with Crippen molar-refractivity contribution in [2.24, 2.45) is 5.92 Å². The number of sulfone groups is 1. The average molecular weight is 375 g/mol. The fourth-order valence-electron chi connectivity index (χ4n) is 3.04. The second kappa shape index (κ2) is 7.51. The summed E-state index contributed by atoms with van der Waals surface area (Å²) in [5.74, 6) is 0.615. The summed E-state index contributed by atoms with van der Waals surface area (Å²) in [6.45, 7) is 6.37. The Hall–Kier alpha value is -0.960. The molecule has 136 valence electrons. The maximum atomic E-state index is 12.6. The van der Waals surface area contributed by atoms with Crippen molar-refractivity contribution in [3.05, 3.63) is 24.3 Å². The normalized spacial score (nSPS) is 21.5. The van der Waals surface area contributed by atoms with E-state index in [0.29, 0.717) is 5.92 Å². The summed E-state index contributed by atoms with van der Waals surface area (Å²) in [6, 6.07) is 5.76. The predicted octanol–water partition coefficient (Wildman–Crippen LogP) is 1.49. The molecular weight excluding hydrogens is 348 g/mol. The first kappa shape index (κ1) is 19.4. The van der Waals surface area contributed by atoms with Crippen molar-refractivity contribution >= 4 is 19.9 Å². The summed E-state index contributed by atoms with van der Waals surface area (Å²) in [5, 5.41) is 0. The summed E-state index contributed by atoms with van der Waals surface area (Å²) in [7, 11) is -7.49. The minimum absolute atomic E-state index is 0.0629. The van der Waals surface area contributed by atoms with E-state index in [1.165, 1.54) is 30.7 Å². The van der Waals surface area contributed by atoms with Crippen LogP contribution >= 0.6 is 0 Å². The van der Waals surface area contributed by atoms with E-state index in [0.717, 1.165) is 25.8 Å². The highest BCUT2D eigenvalue weighted by molar-refractivity contribution is 7.93. The number of rotatable bonds is 6. The first-order valence-corrected chi connectivity index (χ1v) is 11.5. The molecule has 2 rings (SSSR count). The van der Waals surface area contributed by atoms with Gasteiger partial charge in [-0.3, -0.25) is 4.90 Å². The van der Waals surface area contributed by atoms with Gasteiger partial charge in [-0.2, -0.15) is 0 Å². The number of sulfonamides is 1. The molecule has 0 aromatic heterocycles. The van der Waals surface area contributed by atoms with Crippen LogP contribution in [0.1, 0.15) is 26.7 Å². The highest BCUT2D eigenvalue weighted by atomic mass is 32.2. The van der Waals surface area contributed by atoms with Gasteiger partial charge in [0.1, 0.15) is 4.90 Å². The quantitative estimate of drug-likeness (QED) is 0.816. The molecule has 0 saturated carbocycles. The number of piperidine rings is 1. The van der Waals surface area contributed by atoms with Crippen LogP contribution in [-0.2, 0) is 19.9 Å². The Morgan fingerprint density at radius 2 is 1.83 bits per heavy atom. The zero-order valence-corrected chi connectivity index (χ0v) is 16.0. The lowest BCUT2D eigenvalue weighted by Gasteiger charge is -2.35. The van der Waals surface area contributed by atoms with E-state index in [1.54, 1.807) is 0 Å². The van der Waals surface area contributed by atoms with Crippen molar-refractivity contribution in [2.45, 2.75) is 42.5 Å². The third-order valence-electron chi connectivity index (χ3n) is 4.42. The predicted molar refractivity (Wildman–Crippen MR) is 94.2 cm³/mol. The summed E-state index contributed by atoms with van der Waals surface area (Å²) < 4.78 is 51.3. The molecule has 0 amide bonds. The minimum Gasteiger partial charge on any atom is -0.299 e. The summed E-state index contributed by atoms with van der Waals surface area (Å²) in [5.41, 5.74) is 0. The third kappa shape index (κ3) is 4.78. The molecule has 1 saturated heterocycles. The largest absolute Gasteiger partial charge is 0.299 e. The van der Waals surface area contributed by atoms with Crippen molar-refractivity contribution in [1.82, 2.24) is 9.62 Å². The van der Waals surface area contributed by atoms with Gasteiger partial charge in [0.15, 0.2) is 9.84 Å². The van der Waals surface area contributed by atoms with Crippen LogP contribution in [0, 0.1) is 5.92 Å². The summed E-state index contributed by atoms with van der Waals surface area (Å²) in [4.78, 5) is 1.92. The Morgan fingerprint density at radius 1 is 1.21 bits per heavy atom. The van der Waals surface area contributed by atoms with E-state index in [-0.39, 0.29) is 22.4 Å². The fourth-order valence-corrected chi connectivity index (χ4v) is 5.79. The van der Waals surface area contributed by atoms with E-state index in [4.69, 9.17) is 0 Å². The monoisotopic (exact) mass is 374 g/mol. The number of nitrogens with one attached hydrogen (secondary N) is 1. The van der Waals surface area contributed by atoms with E-state index < -0.39 is 19.9 Å². The van der Waals surface area contributed by atoms with Gasteiger partial charge in [-0.1, -0.05) is 19.1 Å².